The molecule has 0 bridgehead atoms. The van der Waals surface area contributed by atoms with Gasteiger partial charge in [0.1, 0.15) is 8.07 Å². The quantitative estimate of drug-likeness (QED) is 0.848. The Morgan fingerprint density at radius 2 is 1.75 bits per heavy atom. The predicted molar refractivity (Wildman–Crippen MR) is 88.3 cm³/mol. The van der Waals surface area contributed by atoms with Crippen LogP contribution >= 0.6 is 0 Å². The summed E-state index contributed by atoms with van der Waals surface area (Å²) in [7, 11) is -1.36. The van der Waals surface area contributed by atoms with Crippen molar-refractivity contribution in [2.45, 2.75) is 51.7 Å². The Morgan fingerprint density at radius 1 is 1.05 bits per heavy atom. The van der Waals surface area contributed by atoms with Gasteiger partial charge in [0.25, 0.3) is 0 Å². The molecule has 1 aromatic carbocycles. The molecule has 20 heavy (non-hydrogen) atoms. The fraction of sp³-hybridized carbons (Fsp3) is 0.471. The van der Waals surface area contributed by atoms with Crippen molar-refractivity contribution >= 4 is 13.4 Å². The molecule has 3 rings (SSSR count). The van der Waals surface area contributed by atoms with Crippen LogP contribution in [0.1, 0.15) is 31.9 Å². The highest BCUT2D eigenvalue weighted by Gasteiger charge is 2.35. The summed E-state index contributed by atoms with van der Waals surface area (Å²) in [5, 5.41) is 9.72. The molecule has 0 unspecified atom stereocenters. The number of rotatable bonds is 4. The van der Waals surface area contributed by atoms with Crippen LogP contribution in [0, 0.1) is 0 Å². The molecule has 0 saturated heterocycles. The number of aromatic nitrogens is 2. The molecule has 0 atom stereocenters. The molecule has 0 fully saturated rings. The van der Waals surface area contributed by atoms with Crippen LogP contribution in [0.25, 0.3) is 11.3 Å². The third kappa shape index (κ3) is 1.87. The molecule has 1 aromatic heterocycles. The molecule has 2 aromatic rings. The van der Waals surface area contributed by atoms with Gasteiger partial charge in [-0.3, -0.25) is 5.10 Å². The van der Waals surface area contributed by atoms with Crippen molar-refractivity contribution in [2.24, 2.45) is 0 Å². The number of aryl methyl sites for hydroxylation is 1. The first-order valence-electron chi connectivity index (χ1n) is 7.91. The van der Waals surface area contributed by atoms with Crippen molar-refractivity contribution in [3.63, 3.8) is 0 Å². The number of nitrogens with one attached hydrogen (secondary N) is 1. The molecule has 106 valence electrons. The Kier molecular flexibility index (Phi) is 3.55. The van der Waals surface area contributed by atoms with E-state index in [1.165, 1.54) is 45.8 Å². The lowest BCUT2D eigenvalue weighted by molar-refractivity contribution is 0.944. The summed E-state index contributed by atoms with van der Waals surface area (Å²) in [5.41, 5.74) is 5.56. The van der Waals surface area contributed by atoms with Crippen LogP contribution in [0.15, 0.2) is 24.3 Å². The minimum Gasteiger partial charge on any atom is -0.286 e. The zero-order valence-corrected chi connectivity index (χ0v) is 13.8. The van der Waals surface area contributed by atoms with Gasteiger partial charge >= 0.3 is 0 Å². The van der Waals surface area contributed by atoms with Gasteiger partial charge in [0.2, 0.25) is 0 Å². The third-order valence-electron chi connectivity index (χ3n) is 5.34. The average Bonchev–Trinajstić information content (AvgIpc) is 2.95. The van der Waals surface area contributed by atoms with E-state index in [4.69, 9.17) is 5.10 Å². The van der Waals surface area contributed by atoms with E-state index in [-0.39, 0.29) is 0 Å². The Balaban J connectivity index is 2.14. The highest BCUT2D eigenvalue weighted by Crippen LogP contribution is 2.33. The molecule has 0 radical (unpaired) electrons. The summed E-state index contributed by atoms with van der Waals surface area (Å²) in [6.07, 6.45) is 2.32. The highest BCUT2D eigenvalue weighted by atomic mass is 28.3. The lowest BCUT2D eigenvalue weighted by atomic mass is 9.91. The van der Waals surface area contributed by atoms with E-state index in [9.17, 15) is 0 Å². The van der Waals surface area contributed by atoms with E-state index in [0.717, 1.165) is 12.8 Å². The number of fused-ring (bicyclic) bond motifs is 3. The van der Waals surface area contributed by atoms with E-state index >= 15 is 0 Å². The monoisotopic (exact) mass is 284 g/mol. The SMILES string of the molecule is CC[Si](CC)(CC)c1[nH]nc2c1CCc1ccccc1-2. The highest BCUT2D eigenvalue weighted by molar-refractivity contribution is 6.91. The smallest absolute Gasteiger partial charge is 0.109 e. The summed E-state index contributed by atoms with van der Waals surface area (Å²) in [4.78, 5) is 0. The van der Waals surface area contributed by atoms with Gasteiger partial charge in [-0.15, -0.1) is 0 Å². The number of H-pyrrole nitrogens is 1. The maximum atomic E-state index is 4.72. The standard InChI is InChI=1S/C17H24N2Si/c1-4-20(5-2,6-3)17-15-12-11-13-9-7-8-10-14(13)16(15)18-19-17/h7-10H,4-6,11-12H2,1-3H3,(H,18,19). The van der Waals surface area contributed by atoms with Gasteiger partial charge in [-0.25, -0.2) is 0 Å². The van der Waals surface area contributed by atoms with Gasteiger partial charge in [0, 0.05) is 10.9 Å². The molecule has 0 amide bonds. The summed E-state index contributed by atoms with van der Waals surface area (Å²) in [5.74, 6) is 0. The first-order chi connectivity index (χ1) is 9.75. The van der Waals surface area contributed by atoms with Crippen molar-refractivity contribution < 1.29 is 0 Å². The first-order valence-corrected chi connectivity index (χ1v) is 10.5. The molecule has 3 heteroatoms. The molecule has 0 saturated carbocycles. The second kappa shape index (κ2) is 5.21. The van der Waals surface area contributed by atoms with Crippen LogP contribution in [0.2, 0.25) is 18.1 Å². The molecule has 1 N–H and O–H groups in total. The molecule has 1 heterocycles. The maximum Gasteiger partial charge on any atom is 0.109 e. The minimum atomic E-state index is -1.36. The number of hydrogen-bond donors (Lipinski definition) is 1. The van der Waals surface area contributed by atoms with Gasteiger partial charge in [0.15, 0.2) is 0 Å². The lowest BCUT2D eigenvalue weighted by Gasteiger charge is -2.29. The Morgan fingerprint density at radius 3 is 2.45 bits per heavy atom. The molecule has 1 aliphatic rings. The summed E-state index contributed by atoms with van der Waals surface area (Å²) in [6.45, 7) is 7.09. The van der Waals surface area contributed by atoms with E-state index in [0.29, 0.717) is 0 Å². The van der Waals surface area contributed by atoms with Gasteiger partial charge < -0.3 is 0 Å². The van der Waals surface area contributed by atoms with E-state index in [1.54, 1.807) is 0 Å². The molecule has 0 spiro atoms. The van der Waals surface area contributed by atoms with E-state index < -0.39 is 8.07 Å². The topological polar surface area (TPSA) is 28.7 Å². The zero-order chi connectivity index (χ0) is 14.2. The number of hydrogen-bond acceptors (Lipinski definition) is 1. The van der Waals surface area contributed by atoms with Crippen molar-refractivity contribution in [3.05, 3.63) is 35.4 Å². The minimum absolute atomic E-state index is 1.16. The third-order valence-corrected chi connectivity index (χ3v) is 10.9. The van der Waals surface area contributed by atoms with Gasteiger partial charge in [-0.1, -0.05) is 63.2 Å². The predicted octanol–water partition coefficient (Wildman–Crippen LogP) is 3.89. The summed E-state index contributed by atoms with van der Waals surface area (Å²) < 4.78 is 0. The molecular formula is C17H24N2Si. The van der Waals surface area contributed by atoms with Crippen LogP contribution < -0.4 is 5.32 Å². The summed E-state index contributed by atoms with van der Waals surface area (Å²) in [6, 6.07) is 12.7. The molecule has 1 aliphatic carbocycles. The molecule has 2 nitrogen and oxygen atoms in total. The number of nitrogens with zero attached hydrogens (tertiary/aromatic N) is 1. The Labute approximate surface area is 122 Å². The van der Waals surface area contributed by atoms with Crippen LogP contribution in [0.4, 0.5) is 0 Å². The van der Waals surface area contributed by atoms with Crippen molar-refractivity contribution in [1.29, 1.82) is 0 Å². The Hall–Kier alpha value is -1.35. The van der Waals surface area contributed by atoms with Gasteiger partial charge in [-0.2, -0.15) is 5.10 Å². The van der Waals surface area contributed by atoms with Crippen LogP contribution in [-0.2, 0) is 12.8 Å². The maximum absolute atomic E-state index is 4.72. The van der Waals surface area contributed by atoms with Crippen molar-refractivity contribution in [2.75, 3.05) is 0 Å². The molecular weight excluding hydrogens is 260 g/mol. The number of aromatic amines is 1. The van der Waals surface area contributed by atoms with E-state index in [1.807, 2.05) is 0 Å². The van der Waals surface area contributed by atoms with Crippen LogP contribution in [0.3, 0.4) is 0 Å². The van der Waals surface area contributed by atoms with Crippen LogP contribution in [0.5, 0.6) is 0 Å². The lowest BCUT2D eigenvalue weighted by Crippen LogP contribution is -2.48. The molecule has 0 aliphatic heterocycles. The normalized spacial score (nSPS) is 13.9. The average molecular weight is 284 g/mol. The van der Waals surface area contributed by atoms with Gasteiger partial charge in [0.05, 0.1) is 5.69 Å². The number of benzene rings is 1. The zero-order valence-electron chi connectivity index (χ0n) is 12.8. The fourth-order valence-corrected chi connectivity index (χ4v) is 7.52. The fourth-order valence-electron chi connectivity index (χ4n) is 3.78. The van der Waals surface area contributed by atoms with Crippen molar-refractivity contribution in [3.8, 4) is 11.3 Å². The largest absolute Gasteiger partial charge is 0.286 e. The summed E-state index contributed by atoms with van der Waals surface area (Å²) >= 11 is 0. The van der Waals surface area contributed by atoms with Crippen LogP contribution in [-0.4, -0.2) is 18.3 Å². The van der Waals surface area contributed by atoms with E-state index in [2.05, 4.69) is 50.1 Å². The second-order valence-corrected chi connectivity index (χ2v) is 11.1. The second-order valence-electron chi connectivity index (χ2n) is 5.92. The van der Waals surface area contributed by atoms with Crippen molar-refractivity contribution in [1.82, 2.24) is 10.2 Å². The van der Waals surface area contributed by atoms with Gasteiger partial charge in [-0.05, 0) is 24.0 Å². The first kappa shape index (κ1) is 13.6. The Bertz CT molecular complexity index is 603.